The number of hydrogen-bond acceptors (Lipinski definition) is 7. The van der Waals surface area contributed by atoms with Crippen LogP contribution >= 0.6 is 23.4 Å². The van der Waals surface area contributed by atoms with E-state index < -0.39 is 5.54 Å². The lowest BCUT2D eigenvalue weighted by atomic mass is 9.74. The van der Waals surface area contributed by atoms with E-state index in [4.69, 9.17) is 11.6 Å². The minimum atomic E-state index is -1.07. The standard InChI is InChI=1S/C22H22ClN5O3S/c1-27(22(13-5-4-8-19(22)30)17-6-2-3-7-18(17)23)20(31)14-32-21-24-25-26-28(21)15-9-11-16(29)12-10-15/h2-3,6-7,9-12,29H,4-5,8,13-14H2,1H3. The zero-order valence-corrected chi connectivity index (χ0v) is 19.0. The van der Waals surface area contributed by atoms with Crippen molar-refractivity contribution in [1.29, 1.82) is 0 Å². The molecule has 3 aromatic rings. The van der Waals surface area contributed by atoms with Crippen LogP contribution in [0.25, 0.3) is 5.69 Å². The first kappa shape index (κ1) is 22.3. The van der Waals surface area contributed by atoms with E-state index in [2.05, 4.69) is 15.5 Å². The number of aromatic nitrogens is 4. The first-order valence-corrected chi connectivity index (χ1v) is 11.6. The maximum Gasteiger partial charge on any atom is 0.233 e. The third kappa shape index (κ3) is 4.10. The van der Waals surface area contributed by atoms with Crippen LogP contribution < -0.4 is 0 Å². The first-order chi connectivity index (χ1) is 15.4. The number of thioether (sulfide) groups is 1. The molecule has 1 aliphatic carbocycles. The van der Waals surface area contributed by atoms with Gasteiger partial charge in [0, 0.05) is 24.1 Å². The van der Waals surface area contributed by atoms with E-state index in [1.807, 2.05) is 18.2 Å². The predicted octanol–water partition coefficient (Wildman–Crippen LogP) is 3.61. The molecule has 1 saturated carbocycles. The third-order valence-corrected chi connectivity index (χ3v) is 7.01. The molecular formula is C22H22ClN5O3S. The fourth-order valence-corrected chi connectivity index (χ4v) is 5.19. The number of hydrogen-bond donors (Lipinski definition) is 1. The Bertz CT molecular complexity index is 1140. The lowest BCUT2D eigenvalue weighted by molar-refractivity contribution is -0.146. The van der Waals surface area contributed by atoms with Crippen LogP contribution in [0.3, 0.4) is 0 Å². The van der Waals surface area contributed by atoms with Crippen LogP contribution in [0.5, 0.6) is 5.75 Å². The number of phenols is 1. The van der Waals surface area contributed by atoms with Crippen molar-refractivity contribution in [3.05, 3.63) is 59.1 Å². The van der Waals surface area contributed by atoms with E-state index in [0.29, 0.717) is 34.3 Å². The summed E-state index contributed by atoms with van der Waals surface area (Å²) in [6.45, 7) is 0. The molecular weight excluding hydrogens is 450 g/mol. The quantitative estimate of drug-likeness (QED) is 0.548. The number of ketones is 1. The van der Waals surface area contributed by atoms with Crippen molar-refractivity contribution >= 4 is 35.1 Å². The van der Waals surface area contributed by atoms with Gasteiger partial charge in [0.2, 0.25) is 11.1 Å². The molecule has 1 fully saturated rings. The van der Waals surface area contributed by atoms with Crippen LogP contribution in [0.1, 0.15) is 31.2 Å². The van der Waals surface area contributed by atoms with Crippen LogP contribution in [0, 0.1) is 0 Å². The molecule has 1 N–H and O–H groups in total. The van der Waals surface area contributed by atoms with Crippen molar-refractivity contribution in [3.63, 3.8) is 0 Å². The molecule has 1 aliphatic rings. The minimum Gasteiger partial charge on any atom is -0.508 e. The van der Waals surface area contributed by atoms with E-state index >= 15 is 0 Å². The molecule has 4 rings (SSSR count). The summed E-state index contributed by atoms with van der Waals surface area (Å²) in [5.41, 5.74) is 0.254. The van der Waals surface area contributed by atoms with Crippen molar-refractivity contribution in [1.82, 2.24) is 25.1 Å². The zero-order valence-electron chi connectivity index (χ0n) is 17.4. The van der Waals surface area contributed by atoms with Gasteiger partial charge in [0.15, 0.2) is 5.78 Å². The second-order valence-corrected chi connectivity index (χ2v) is 8.95. The Kier molecular flexibility index (Phi) is 6.48. The summed E-state index contributed by atoms with van der Waals surface area (Å²) in [5.74, 6) is -0.0269. The average Bonchev–Trinajstić information content (AvgIpc) is 3.27. The van der Waals surface area contributed by atoms with Gasteiger partial charge in [0.05, 0.1) is 11.4 Å². The topological polar surface area (TPSA) is 101 Å². The highest BCUT2D eigenvalue weighted by molar-refractivity contribution is 7.99. The highest BCUT2D eigenvalue weighted by Gasteiger charge is 2.47. The number of rotatable bonds is 6. The van der Waals surface area contributed by atoms with Gasteiger partial charge >= 0.3 is 0 Å². The second kappa shape index (κ2) is 9.30. The molecule has 0 spiro atoms. The van der Waals surface area contributed by atoms with E-state index in [0.717, 1.165) is 12.8 Å². The Hall–Kier alpha value is -2.91. The maximum absolute atomic E-state index is 13.3. The Morgan fingerprint density at radius 1 is 1.22 bits per heavy atom. The van der Waals surface area contributed by atoms with Crippen molar-refractivity contribution in [2.75, 3.05) is 12.8 Å². The minimum absolute atomic E-state index is 0.00614. The summed E-state index contributed by atoms with van der Waals surface area (Å²) < 4.78 is 1.49. The monoisotopic (exact) mass is 471 g/mol. The molecule has 8 nitrogen and oxygen atoms in total. The number of phenolic OH excluding ortho intramolecular Hbond substituents is 1. The van der Waals surface area contributed by atoms with E-state index in [1.54, 1.807) is 25.2 Å². The fraction of sp³-hybridized carbons (Fsp3) is 0.318. The fourth-order valence-electron chi connectivity index (χ4n) is 4.09. The number of carbonyl (C=O) groups is 2. The number of tetrazole rings is 1. The highest BCUT2D eigenvalue weighted by atomic mass is 35.5. The molecule has 1 heterocycles. The zero-order chi connectivity index (χ0) is 22.7. The molecule has 166 valence electrons. The second-order valence-electron chi connectivity index (χ2n) is 7.60. The van der Waals surface area contributed by atoms with Gasteiger partial charge in [-0.15, -0.1) is 5.10 Å². The number of benzene rings is 2. The molecule has 32 heavy (non-hydrogen) atoms. The van der Waals surface area contributed by atoms with Crippen LogP contribution in [-0.4, -0.2) is 54.7 Å². The van der Waals surface area contributed by atoms with Gasteiger partial charge in [-0.3, -0.25) is 9.59 Å². The maximum atomic E-state index is 13.3. The molecule has 0 bridgehead atoms. The number of halogens is 1. The van der Waals surface area contributed by atoms with Crippen molar-refractivity contribution in [2.24, 2.45) is 0 Å². The highest BCUT2D eigenvalue weighted by Crippen LogP contribution is 2.42. The summed E-state index contributed by atoms with van der Waals surface area (Å²) >= 11 is 7.66. The summed E-state index contributed by atoms with van der Waals surface area (Å²) in [6, 6.07) is 13.6. The Balaban J connectivity index is 1.57. The third-order valence-electron chi connectivity index (χ3n) is 5.78. The van der Waals surface area contributed by atoms with Gasteiger partial charge < -0.3 is 10.0 Å². The van der Waals surface area contributed by atoms with E-state index in [1.165, 1.54) is 33.5 Å². The van der Waals surface area contributed by atoms with Crippen LogP contribution in [-0.2, 0) is 15.1 Å². The Morgan fingerprint density at radius 2 is 1.97 bits per heavy atom. The van der Waals surface area contributed by atoms with Crippen molar-refractivity contribution in [3.8, 4) is 11.4 Å². The summed E-state index contributed by atoms with van der Waals surface area (Å²) in [7, 11) is 1.67. The van der Waals surface area contributed by atoms with Gasteiger partial charge in [-0.05, 0) is 60.0 Å². The number of carbonyl (C=O) groups excluding carboxylic acids is 2. The molecule has 10 heteroatoms. The lowest BCUT2D eigenvalue weighted by Gasteiger charge is -2.44. The Labute approximate surface area is 194 Å². The van der Waals surface area contributed by atoms with Crippen molar-refractivity contribution in [2.45, 2.75) is 36.4 Å². The summed E-state index contributed by atoms with van der Waals surface area (Å²) in [5, 5.41) is 22.1. The molecule has 0 saturated heterocycles. The summed E-state index contributed by atoms with van der Waals surface area (Å²) in [4.78, 5) is 28.0. The van der Waals surface area contributed by atoms with Crippen LogP contribution in [0.2, 0.25) is 5.02 Å². The van der Waals surface area contributed by atoms with Gasteiger partial charge in [-0.2, -0.15) is 4.68 Å². The largest absolute Gasteiger partial charge is 0.508 e. The predicted molar refractivity (Wildman–Crippen MR) is 121 cm³/mol. The van der Waals surface area contributed by atoms with Gasteiger partial charge in [-0.25, -0.2) is 0 Å². The Morgan fingerprint density at radius 3 is 2.69 bits per heavy atom. The molecule has 0 radical (unpaired) electrons. The normalized spacial score (nSPS) is 18.5. The van der Waals surface area contributed by atoms with Crippen LogP contribution in [0.4, 0.5) is 0 Å². The lowest BCUT2D eigenvalue weighted by Crippen LogP contribution is -2.54. The number of amides is 1. The number of Topliss-reactive ketones (excluding diaryl/α,β-unsaturated/α-hetero) is 1. The van der Waals surface area contributed by atoms with E-state index in [9.17, 15) is 14.7 Å². The first-order valence-electron chi connectivity index (χ1n) is 10.2. The molecule has 1 amide bonds. The van der Waals surface area contributed by atoms with E-state index in [-0.39, 0.29) is 23.2 Å². The smallest absolute Gasteiger partial charge is 0.233 e. The van der Waals surface area contributed by atoms with Gasteiger partial charge in [0.25, 0.3) is 0 Å². The number of nitrogens with zero attached hydrogens (tertiary/aromatic N) is 5. The molecule has 2 aromatic carbocycles. The average molecular weight is 472 g/mol. The van der Waals surface area contributed by atoms with Crippen molar-refractivity contribution < 1.29 is 14.7 Å². The van der Waals surface area contributed by atoms with Gasteiger partial charge in [-0.1, -0.05) is 41.6 Å². The SMILES string of the molecule is CN(C(=O)CSc1nnnn1-c1ccc(O)cc1)C1(c2ccccc2Cl)CCCCC1=O. The summed E-state index contributed by atoms with van der Waals surface area (Å²) in [6.07, 6.45) is 2.59. The molecule has 1 unspecified atom stereocenters. The van der Waals surface area contributed by atoms with Gasteiger partial charge in [0.1, 0.15) is 11.3 Å². The number of likely N-dealkylation sites (N-methyl/N-ethyl adjacent to an activating group) is 1. The van der Waals surface area contributed by atoms with Crippen LogP contribution in [0.15, 0.2) is 53.7 Å². The molecule has 1 atom stereocenters. The molecule has 1 aromatic heterocycles. The number of aromatic hydroxyl groups is 1. The molecule has 0 aliphatic heterocycles.